The van der Waals surface area contributed by atoms with E-state index in [1.165, 1.54) is 17.1 Å². The zero-order valence-corrected chi connectivity index (χ0v) is 10.1. The van der Waals surface area contributed by atoms with Crippen molar-refractivity contribution in [1.82, 2.24) is 0 Å². The van der Waals surface area contributed by atoms with Gasteiger partial charge in [-0.3, -0.25) is 4.79 Å². The summed E-state index contributed by atoms with van der Waals surface area (Å²) in [5.41, 5.74) is 2.36. The Labute approximate surface area is 103 Å². The molecule has 88 valence electrons. The van der Waals surface area contributed by atoms with Crippen LogP contribution >= 0.6 is 11.8 Å². The van der Waals surface area contributed by atoms with Crippen LogP contribution in [0.1, 0.15) is 5.56 Å². The van der Waals surface area contributed by atoms with Crippen LogP contribution < -0.4 is 5.01 Å². The van der Waals surface area contributed by atoms with Crippen molar-refractivity contribution >= 4 is 29.1 Å². The van der Waals surface area contributed by atoms with Crippen molar-refractivity contribution in [2.45, 2.75) is 6.92 Å². The molecule has 3 rings (SSSR count). The van der Waals surface area contributed by atoms with E-state index < -0.39 is 0 Å². The maximum Gasteiger partial charge on any atom is 0.257 e. The Morgan fingerprint density at radius 3 is 3.06 bits per heavy atom. The first kappa shape index (κ1) is 10.8. The van der Waals surface area contributed by atoms with E-state index >= 15 is 0 Å². The minimum absolute atomic E-state index is 0.0136. The number of carbonyl (C=O) groups is 1. The van der Waals surface area contributed by atoms with Gasteiger partial charge in [-0.15, -0.1) is 0 Å². The number of halogens is 1. The quantitative estimate of drug-likeness (QED) is 0.765. The summed E-state index contributed by atoms with van der Waals surface area (Å²) in [7, 11) is 0. The Kier molecular flexibility index (Phi) is 2.43. The monoisotopic (exact) mass is 250 g/mol. The largest absolute Gasteiger partial charge is 0.272 e. The van der Waals surface area contributed by atoms with Crippen LogP contribution in [0.25, 0.3) is 0 Å². The molecule has 1 aromatic carbocycles. The van der Waals surface area contributed by atoms with Crippen molar-refractivity contribution in [2.75, 3.05) is 16.5 Å². The first-order valence-corrected chi connectivity index (χ1v) is 6.57. The van der Waals surface area contributed by atoms with Crippen molar-refractivity contribution in [3.63, 3.8) is 0 Å². The minimum Gasteiger partial charge on any atom is -0.272 e. The van der Waals surface area contributed by atoms with Gasteiger partial charge in [-0.2, -0.15) is 21.9 Å². The molecule has 1 atom stereocenters. The van der Waals surface area contributed by atoms with Gasteiger partial charge in [-0.05, 0) is 30.7 Å². The normalized spacial score (nSPS) is 22.9. The van der Waals surface area contributed by atoms with E-state index in [0.29, 0.717) is 5.69 Å². The van der Waals surface area contributed by atoms with Gasteiger partial charge < -0.3 is 0 Å². The summed E-state index contributed by atoms with van der Waals surface area (Å²) < 4.78 is 13.0. The molecule has 17 heavy (non-hydrogen) atoms. The van der Waals surface area contributed by atoms with Crippen LogP contribution in [0, 0.1) is 18.7 Å². The maximum absolute atomic E-state index is 13.0. The number of hydrogen-bond acceptors (Lipinski definition) is 3. The molecule has 0 aliphatic carbocycles. The second kappa shape index (κ2) is 3.84. The molecule has 0 spiro atoms. The summed E-state index contributed by atoms with van der Waals surface area (Å²) in [6, 6.07) is 4.39. The molecule has 2 heterocycles. The molecule has 0 saturated carbocycles. The molecule has 0 radical (unpaired) electrons. The van der Waals surface area contributed by atoms with Gasteiger partial charge in [0.2, 0.25) is 0 Å². The van der Waals surface area contributed by atoms with Crippen LogP contribution in [0.15, 0.2) is 23.3 Å². The molecule has 3 nitrogen and oxygen atoms in total. The lowest BCUT2D eigenvalue weighted by Crippen LogP contribution is -2.27. The third-order valence-electron chi connectivity index (χ3n) is 3.06. The fourth-order valence-corrected chi connectivity index (χ4v) is 3.30. The average molecular weight is 250 g/mol. The summed E-state index contributed by atoms with van der Waals surface area (Å²) >= 11 is 1.74. The Morgan fingerprint density at radius 1 is 1.53 bits per heavy atom. The molecule has 5 heteroatoms. The lowest BCUT2D eigenvalue weighted by Gasteiger charge is -2.16. The van der Waals surface area contributed by atoms with Gasteiger partial charge >= 0.3 is 0 Å². The van der Waals surface area contributed by atoms with E-state index in [1.54, 1.807) is 24.8 Å². The zero-order valence-electron chi connectivity index (χ0n) is 9.31. The number of nitrogens with zero attached hydrogens (tertiary/aromatic N) is 2. The highest BCUT2D eigenvalue weighted by Crippen LogP contribution is 2.33. The van der Waals surface area contributed by atoms with E-state index in [0.717, 1.165) is 22.8 Å². The first-order valence-electron chi connectivity index (χ1n) is 5.42. The van der Waals surface area contributed by atoms with Gasteiger partial charge in [0.1, 0.15) is 5.82 Å². The molecule has 0 N–H and O–H groups in total. The summed E-state index contributed by atoms with van der Waals surface area (Å²) in [6.07, 6.45) is 0. The molecular weight excluding hydrogens is 239 g/mol. The predicted octanol–water partition coefficient (Wildman–Crippen LogP) is 2.20. The molecule has 2 aliphatic rings. The van der Waals surface area contributed by atoms with Crippen LogP contribution in [-0.4, -0.2) is 23.1 Å². The lowest BCUT2D eigenvalue weighted by atomic mass is 10.1. The highest BCUT2D eigenvalue weighted by molar-refractivity contribution is 8.00. The van der Waals surface area contributed by atoms with Crippen molar-refractivity contribution in [1.29, 1.82) is 0 Å². The number of fused-ring (bicyclic) bond motifs is 1. The Morgan fingerprint density at radius 2 is 2.35 bits per heavy atom. The second-order valence-electron chi connectivity index (χ2n) is 4.24. The summed E-state index contributed by atoms with van der Waals surface area (Å²) in [5, 5.41) is 5.77. The zero-order chi connectivity index (χ0) is 12.0. The lowest BCUT2D eigenvalue weighted by molar-refractivity contribution is -0.119. The van der Waals surface area contributed by atoms with Gasteiger partial charge in [0, 0.05) is 11.5 Å². The van der Waals surface area contributed by atoms with Crippen LogP contribution in [-0.2, 0) is 4.79 Å². The van der Waals surface area contributed by atoms with Gasteiger partial charge in [-0.1, -0.05) is 0 Å². The Bertz CT molecular complexity index is 529. The third-order valence-corrected chi connectivity index (χ3v) is 4.13. The number of hydrazone groups is 1. The SMILES string of the molecule is Cc1cc(F)ccc1N1N=C2CSCC2C1=O. The topological polar surface area (TPSA) is 32.7 Å². The van der Waals surface area contributed by atoms with Crippen molar-refractivity contribution in [2.24, 2.45) is 11.0 Å². The molecule has 2 aliphatic heterocycles. The summed E-state index contributed by atoms with van der Waals surface area (Å²) in [4.78, 5) is 12.1. The minimum atomic E-state index is -0.290. The highest BCUT2D eigenvalue weighted by atomic mass is 32.2. The van der Waals surface area contributed by atoms with E-state index in [9.17, 15) is 9.18 Å². The van der Waals surface area contributed by atoms with Crippen molar-refractivity contribution in [3.05, 3.63) is 29.6 Å². The molecule has 1 aromatic rings. The van der Waals surface area contributed by atoms with Gasteiger partial charge in [-0.25, -0.2) is 4.39 Å². The number of anilines is 1. The van der Waals surface area contributed by atoms with Gasteiger partial charge in [0.15, 0.2) is 0 Å². The average Bonchev–Trinajstić information content (AvgIpc) is 2.83. The molecule has 1 fully saturated rings. The van der Waals surface area contributed by atoms with Crippen LogP contribution in [0.4, 0.5) is 10.1 Å². The van der Waals surface area contributed by atoms with E-state index in [4.69, 9.17) is 0 Å². The summed E-state index contributed by atoms with van der Waals surface area (Å²) in [6.45, 7) is 1.79. The fourth-order valence-electron chi connectivity index (χ4n) is 2.14. The second-order valence-corrected chi connectivity index (χ2v) is 5.27. The predicted molar refractivity (Wildman–Crippen MR) is 66.9 cm³/mol. The Hall–Kier alpha value is -1.36. The van der Waals surface area contributed by atoms with E-state index in [2.05, 4.69) is 5.10 Å². The number of aryl methyl sites for hydroxylation is 1. The molecule has 1 unspecified atom stereocenters. The van der Waals surface area contributed by atoms with Crippen LogP contribution in [0.3, 0.4) is 0 Å². The van der Waals surface area contributed by atoms with Gasteiger partial charge in [0.25, 0.3) is 5.91 Å². The standard InChI is InChI=1S/C12H11FN2OS/c1-7-4-8(13)2-3-11(7)15-12(16)9-5-17-6-10(9)14-15/h2-4,9H,5-6H2,1H3. The molecule has 1 amide bonds. The molecular formula is C12H11FN2OS. The molecule has 0 bridgehead atoms. The first-order chi connectivity index (χ1) is 8.16. The number of benzene rings is 1. The van der Waals surface area contributed by atoms with Crippen LogP contribution in [0.5, 0.6) is 0 Å². The number of rotatable bonds is 1. The number of amides is 1. The van der Waals surface area contributed by atoms with E-state index in [1.807, 2.05) is 0 Å². The molecule has 0 aromatic heterocycles. The van der Waals surface area contributed by atoms with Crippen LogP contribution in [0.2, 0.25) is 0 Å². The molecule has 1 saturated heterocycles. The van der Waals surface area contributed by atoms with Gasteiger partial charge in [0.05, 0.1) is 17.3 Å². The summed E-state index contributed by atoms with van der Waals surface area (Å²) in [5.74, 6) is 1.30. The highest BCUT2D eigenvalue weighted by Gasteiger charge is 2.40. The maximum atomic E-state index is 13.0. The Balaban J connectivity index is 2.00. The number of hydrogen-bond donors (Lipinski definition) is 0. The van der Waals surface area contributed by atoms with E-state index in [-0.39, 0.29) is 17.6 Å². The fraction of sp³-hybridized carbons (Fsp3) is 0.333. The number of carbonyl (C=O) groups excluding carboxylic acids is 1. The third kappa shape index (κ3) is 1.65. The smallest absolute Gasteiger partial charge is 0.257 e. The number of thioether (sulfide) groups is 1. The van der Waals surface area contributed by atoms with Crippen molar-refractivity contribution in [3.8, 4) is 0 Å². The van der Waals surface area contributed by atoms with Crippen molar-refractivity contribution < 1.29 is 9.18 Å².